The van der Waals surface area contributed by atoms with Gasteiger partial charge in [-0.1, -0.05) is 61.1 Å². The molecule has 0 radical (unpaired) electrons. The van der Waals surface area contributed by atoms with Crippen LogP contribution in [0, 0.1) is 11.3 Å². The predicted octanol–water partition coefficient (Wildman–Crippen LogP) is 5.61. The number of ether oxygens (including phenoxy) is 2. The molecule has 3 aromatic rings. The van der Waals surface area contributed by atoms with Crippen LogP contribution >= 0.6 is 11.3 Å². The van der Waals surface area contributed by atoms with Gasteiger partial charge in [-0.3, -0.25) is 10.1 Å². The lowest BCUT2D eigenvalue weighted by molar-refractivity contribution is -0.112. The Kier molecular flexibility index (Phi) is 10.0. The highest BCUT2D eigenvalue weighted by molar-refractivity contribution is 7.15. The lowest BCUT2D eigenvalue weighted by Gasteiger charge is -2.11. The number of unbranched alkanes of at least 4 members (excludes halogenated alkanes) is 1. The molecule has 35 heavy (non-hydrogen) atoms. The number of aromatic nitrogens is 2. The number of amides is 1. The molecular formula is C27H28N4O3S. The number of hydrogen-bond donors (Lipinski definition) is 1. The Labute approximate surface area is 209 Å². The summed E-state index contributed by atoms with van der Waals surface area (Å²) in [6.45, 7) is 6.66. The summed E-state index contributed by atoms with van der Waals surface area (Å²) >= 11 is 1.33. The molecule has 0 saturated carbocycles. The molecule has 3 rings (SSSR count). The summed E-state index contributed by atoms with van der Waals surface area (Å²) in [6, 6.07) is 16.9. The first-order valence-corrected chi connectivity index (χ1v) is 12.2. The van der Waals surface area contributed by atoms with Gasteiger partial charge in [-0.25, -0.2) is 0 Å². The van der Waals surface area contributed by atoms with Crippen molar-refractivity contribution in [3.05, 3.63) is 82.9 Å². The zero-order valence-corrected chi connectivity index (χ0v) is 20.5. The lowest BCUT2D eigenvalue weighted by atomic mass is 10.1. The second kappa shape index (κ2) is 13.7. The molecule has 0 saturated heterocycles. The summed E-state index contributed by atoms with van der Waals surface area (Å²) in [7, 11) is 0. The first-order valence-electron chi connectivity index (χ1n) is 11.4. The molecule has 1 amide bonds. The predicted molar refractivity (Wildman–Crippen MR) is 139 cm³/mol. The maximum atomic E-state index is 12.5. The second-order valence-electron chi connectivity index (χ2n) is 7.59. The highest BCUT2D eigenvalue weighted by atomic mass is 32.1. The van der Waals surface area contributed by atoms with Crippen molar-refractivity contribution in [1.82, 2.24) is 10.2 Å². The number of nitriles is 1. The number of carbonyl (C=O) groups excluding carboxylic acids is 1. The molecule has 0 bridgehead atoms. The Morgan fingerprint density at radius 1 is 1.14 bits per heavy atom. The molecule has 8 heteroatoms. The van der Waals surface area contributed by atoms with Gasteiger partial charge in [0.05, 0.1) is 0 Å². The van der Waals surface area contributed by atoms with Crippen molar-refractivity contribution in [2.75, 3.05) is 18.5 Å². The van der Waals surface area contributed by atoms with Crippen molar-refractivity contribution in [1.29, 1.82) is 5.26 Å². The molecule has 180 valence electrons. The lowest BCUT2D eigenvalue weighted by Crippen LogP contribution is -2.13. The first-order chi connectivity index (χ1) is 17.1. The third kappa shape index (κ3) is 8.09. The Balaban J connectivity index is 1.51. The number of nitrogens with zero attached hydrogens (tertiary/aromatic N) is 3. The monoisotopic (exact) mass is 488 g/mol. The summed E-state index contributed by atoms with van der Waals surface area (Å²) in [5, 5.41) is 21.4. The number of allylic oxidation sites excluding steroid dienone is 1. The van der Waals surface area contributed by atoms with Crippen molar-refractivity contribution in [2.45, 2.75) is 32.6 Å². The number of hydrogen-bond acceptors (Lipinski definition) is 7. The van der Waals surface area contributed by atoms with Crippen LogP contribution in [0.4, 0.5) is 5.13 Å². The largest absolute Gasteiger partial charge is 0.490 e. The minimum atomic E-state index is -0.514. The minimum absolute atomic E-state index is 0.0180. The molecule has 0 spiro atoms. The van der Waals surface area contributed by atoms with Gasteiger partial charge < -0.3 is 9.47 Å². The summed E-state index contributed by atoms with van der Waals surface area (Å²) in [5.74, 6) is 0.978. The van der Waals surface area contributed by atoms with Crippen molar-refractivity contribution in [2.24, 2.45) is 0 Å². The number of aryl methyl sites for hydroxylation is 1. The van der Waals surface area contributed by atoms with E-state index in [4.69, 9.17) is 9.47 Å². The van der Waals surface area contributed by atoms with Crippen LogP contribution in [0.15, 0.2) is 66.8 Å². The first kappa shape index (κ1) is 25.7. The molecule has 2 aromatic carbocycles. The Hall–Kier alpha value is -3.96. The quantitative estimate of drug-likeness (QED) is 0.145. The van der Waals surface area contributed by atoms with Gasteiger partial charge in [0.1, 0.15) is 41.4 Å². The molecule has 0 unspecified atom stereocenters. The van der Waals surface area contributed by atoms with Crippen LogP contribution in [0.5, 0.6) is 11.5 Å². The average Bonchev–Trinajstić information content (AvgIpc) is 3.32. The Morgan fingerprint density at radius 2 is 1.91 bits per heavy atom. The Morgan fingerprint density at radius 3 is 2.66 bits per heavy atom. The molecule has 0 fully saturated rings. The molecular weight excluding hydrogens is 460 g/mol. The van der Waals surface area contributed by atoms with E-state index in [1.165, 1.54) is 17.4 Å². The van der Waals surface area contributed by atoms with Crippen molar-refractivity contribution in [3.8, 4) is 17.6 Å². The summed E-state index contributed by atoms with van der Waals surface area (Å²) in [4.78, 5) is 12.5. The topological polar surface area (TPSA) is 97.1 Å². The normalized spacial score (nSPS) is 10.9. The van der Waals surface area contributed by atoms with Gasteiger partial charge in [0.15, 0.2) is 0 Å². The smallest absolute Gasteiger partial charge is 0.268 e. The number of carbonyl (C=O) groups is 1. The summed E-state index contributed by atoms with van der Waals surface area (Å²) in [5.41, 5.74) is 1.77. The number of rotatable bonds is 13. The zero-order chi connectivity index (χ0) is 24.9. The molecule has 7 nitrogen and oxygen atoms in total. The van der Waals surface area contributed by atoms with Gasteiger partial charge in [-0.05, 0) is 48.2 Å². The Bertz CT molecular complexity index is 1200. The standard InChI is InChI=1S/C27H28N4O3S/c1-3-5-11-25-30-31-27(35-25)29-26(32)22(19-28)18-20-12-14-23(15-13-20)33-16-17-34-24-10-7-6-9-21(24)8-4-2/h4,6-7,9-10,12-15,18H,2-3,5,8,11,16-17H2,1H3,(H,29,31,32). The van der Waals surface area contributed by atoms with Crippen LogP contribution in [-0.2, 0) is 17.6 Å². The van der Waals surface area contributed by atoms with Gasteiger partial charge in [-0.15, -0.1) is 16.8 Å². The SMILES string of the molecule is C=CCc1ccccc1OCCOc1ccc(C=C(C#N)C(=O)Nc2nnc(CCCC)s2)cc1. The van der Waals surface area contributed by atoms with E-state index in [1.54, 1.807) is 24.3 Å². The third-order valence-corrected chi connectivity index (χ3v) is 5.83. The fraction of sp³-hybridized carbons (Fsp3) is 0.259. The highest BCUT2D eigenvalue weighted by Crippen LogP contribution is 2.20. The fourth-order valence-corrected chi connectivity index (χ4v) is 3.93. The van der Waals surface area contributed by atoms with E-state index in [2.05, 4.69) is 29.0 Å². The molecule has 1 heterocycles. The maximum Gasteiger partial charge on any atom is 0.268 e. The van der Waals surface area contributed by atoms with Gasteiger partial charge in [0.2, 0.25) is 5.13 Å². The van der Waals surface area contributed by atoms with Crippen LogP contribution in [0.25, 0.3) is 6.08 Å². The number of benzene rings is 2. The fourth-order valence-electron chi connectivity index (χ4n) is 3.15. The average molecular weight is 489 g/mol. The van der Waals surface area contributed by atoms with E-state index in [0.29, 0.717) is 29.7 Å². The summed E-state index contributed by atoms with van der Waals surface area (Å²) in [6.07, 6.45) is 7.02. The van der Waals surface area contributed by atoms with Crippen molar-refractivity contribution < 1.29 is 14.3 Å². The number of anilines is 1. The summed E-state index contributed by atoms with van der Waals surface area (Å²) < 4.78 is 11.6. The molecule has 0 aliphatic heterocycles. The van der Waals surface area contributed by atoms with Crippen LogP contribution in [0.3, 0.4) is 0 Å². The van der Waals surface area contributed by atoms with Gasteiger partial charge in [0.25, 0.3) is 5.91 Å². The second-order valence-corrected chi connectivity index (χ2v) is 8.66. The van der Waals surface area contributed by atoms with Gasteiger partial charge >= 0.3 is 0 Å². The van der Waals surface area contributed by atoms with E-state index in [-0.39, 0.29) is 5.57 Å². The molecule has 0 atom stereocenters. The maximum absolute atomic E-state index is 12.5. The van der Waals surface area contributed by atoms with Crippen LogP contribution < -0.4 is 14.8 Å². The highest BCUT2D eigenvalue weighted by Gasteiger charge is 2.13. The van der Waals surface area contributed by atoms with E-state index < -0.39 is 5.91 Å². The van der Waals surface area contributed by atoms with Crippen molar-refractivity contribution >= 4 is 28.5 Å². The van der Waals surface area contributed by atoms with E-state index >= 15 is 0 Å². The van der Waals surface area contributed by atoms with Crippen LogP contribution in [0.1, 0.15) is 35.9 Å². The molecule has 0 aliphatic carbocycles. The number of para-hydroxylation sites is 1. The molecule has 1 aromatic heterocycles. The van der Waals surface area contributed by atoms with Gasteiger partial charge in [-0.2, -0.15) is 5.26 Å². The van der Waals surface area contributed by atoms with Crippen molar-refractivity contribution in [3.63, 3.8) is 0 Å². The van der Waals surface area contributed by atoms with E-state index in [0.717, 1.165) is 42.0 Å². The van der Waals surface area contributed by atoms with Crippen LogP contribution in [0.2, 0.25) is 0 Å². The van der Waals surface area contributed by atoms with E-state index in [1.807, 2.05) is 36.4 Å². The van der Waals surface area contributed by atoms with Crippen LogP contribution in [-0.4, -0.2) is 29.3 Å². The number of nitrogens with one attached hydrogen (secondary N) is 1. The minimum Gasteiger partial charge on any atom is -0.490 e. The van der Waals surface area contributed by atoms with Gasteiger partial charge in [0, 0.05) is 6.42 Å². The third-order valence-electron chi connectivity index (χ3n) is 4.93. The molecule has 0 aliphatic rings. The zero-order valence-electron chi connectivity index (χ0n) is 19.7. The molecule has 1 N–H and O–H groups in total. The van der Waals surface area contributed by atoms with E-state index in [9.17, 15) is 10.1 Å².